The molecule has 3 aromatic rings. The summed E-state index contributed by atoms with van der Waals surface area (Å²) >= 11 is 0. The summed E-state index contributed by atoms with van der Waals surface area (Å²) in [6.45, 7) is 4.43. The minimum Gasteiger partial charge on any atom is -0.466 e. The number of benzene rings is 1. The molecule has 0 saturated carbocycles. The molecule has 3 heterocycles. The number of nitrogens with zero attached hydrogens (tertiary/aromatic N) is 4. The molecule has 1 N–H and O–H groups in total. The molecule has 0 amide bonds. The van der Waals surface area contributed by atoms with E-state index in [0.29, 0.717) is 24.8 Å². The van der Waals surface area contributed by atoms with Crippen molar-refractivity contribution >= 4 is 30.0 Å². The van der Waals surface area contributed by atoms with Crippen LogP contribution in [0.2, 0.25) is 0 Å². The number of carbonyl (C=O) groups is 1. The third kappa shape index (κ3) is 5.95. The summed E-state index contributed by atoms with van der Waals surface area (Å²) in [6, 6.07) is 14.4. The standard InChI is InChI=1S/C24H27N5O2.ClH/c1-2-31-23(30)9-13-26-21-16-22(28-24(27-21)20-8-5-12-25-17-20)29-14-10-18-6-3-4-7-19(18)11-15-29;/h3-8,12,16-17H,2,9-11,13-15H2,1H3,(H,26,27,28);1H. The third-order valence-electron chi connectivity index (χ3n) is 5.32. The molecular weight excluding hydrogens is 426 g/mol. The van der Waals surface area contributed by atoms with Crippen molar-refractivity contribution in [1.82, 2.24) is 15.0 Å². The zero-order chi connectivity index (χ0) is 21.5. The predicted molar refractivity (Wildman–Crippen MR) is 128 cm³/mol. The number of ether oxygens (including phenoxy) is 1. The van der Waals surface area contributed by atoms with Crippen molar-refractivity contribution in [3.05, 3.63) is 66.0 Å². The highest BCUT2D eigenvalue weighted by Crippen LogP contribution is 2.25. The Kier molecular flexibility index (Phi) is 8.39. The Morgan fingerprint density at radius 1 is 1.09 bits per heavy atom. The van der Waals surface area contributed by atoms with E-state index in [0.717, 1.165) is 37.3 Å². The average molecular weight is 454 g/mol. The molecule has 2 aromatic heterocycles. The number of rotatable bonds is 7. The molecule has 1 aromatic carbocycles. The van der Waals surface area contributed by atoms with Gasteiger partial charge in [-0.25, -0.2) is 9.97 Å². The minimum atomic E-state index is -0.220. The number of nitrogens with one attached hydrogen (secondary N) is 1. The number of carbonyl (C=O) groups excluding carboxylic acids is 1. The Morgan fingerprint density at radius 3 is 2.50 bits per heavy atom. The van der Waals surface area contributed by atoms with Gasteiger partial charge in [0.05, 0.1) is 13.0 Å². The lowest BCUT2D eigenvalue weighted by atomic mass is 10.0. The monoisotopic (exact) mass is 453 g/mol. The maximum Gasteiger partial charge on any atom is 0.307 e. The minimum absolute atomic E-state index is 0. The van der Waals surface area contributed by atoms with Gasteiger partial charge in [0.25, 0.3) is 0 Å². The van der Waals surface area contributed by atoms with Crippen molar-refractivity contribution in [2.75, 3.05) is 36.5 Å². The fraction of sp³-hybridized carbons (Fsp3) is 0.333. The van der Waals surface area contributed by atoms with Gasteiger partial charge < -0.3 is 15.0 Å². The molecule has 32 heavy (non-hydrogen) atoms. The Balaban J connectivity index is 0.00000289. The maximum absolute atomic E-state index is 11.7. The van der Waals surface area contributed by atoms with E-state index >= 15 is 0 Å². The van der Waals surface area contributed by atoms with Crippen LogP contribution in [0.25, 0.3) is 11.4 Å². The molecule has 1 aliphatic rings. The number of hydrogen-bond donors (Lipinski definition) is 1. The van der Waals surface area contributed by atoms with Crippen LogP contribution in [0.5, 0.6) is 0 Å². The first-order valence-corrected chi connectivity index (χ1v) is 10.7. The Morgan fingerprint density at radius 2 is 1.84 bits per heavy atom. The Hall–Kier alpha value is -3.19. The van der Waals surface area contributed by atoms with E-state index in [9.17, 15) is 4.79 Å². The van der Waals surface area contributed by atoms with E-state index in [1.807, 2.05) is 25.1 Å². The highest BCUT2D eigenvalue weighted by atomic mass is 35.5. The first kappa shape index (κ1) is 23.5. The normalized spacial score (nSPS) is 12.8. The first-order valence-electron chi connectivity index (χ1n) is 10.7. The number of pyridine rings is 1. The summed E-state index contributed by atoms with van der Waals surface area (Å²) in [5, 5.41) is 3.26. The highest BCUT2D eigenvalue weighted by molar-refractivity contribution is 5.85. The lowest BCUT2D eigenvalue weighted by Gasteiger charge is -2.22. The Bertz CT molecular complexity index is 1000. The van der Waals surface area contributed by atoms with E-state index < -0.39 is 0 Å². The van der Waals surface area contributed by atoms with E-state index in [2.05, 4.69) is 44.5 Å². The van der Waals surface area contributed by atoms with Gasteiger partial charge in [-0.15, -0.1) is 12.4 Å². The third-order valence-corrected chi connectivity index (χ3v) is 5.32. The zero-order valence-corrected chi connectivity index (χ0v) is 19.0. The van der Waals surface area contributed by atoms with Crippen LogP contribution in [0, 0.1) is 0 Å². The summed E-state index contributed by atoms with van der Waals surface area (Å²) in [5.41, 5.74) is 3.66. The molecule has 1 aliphatic heterocycles. The van der Waals surface area contributed by atoms with Crippen LogP contribution in [0.3, 0.4) is 0 Å². The van der Waals surface area contributed by atoms with Crippen molar-refractivity contribution in [2.45, 2.75) is 26.2 Å². The highest BCUT2D eigenvalue weighted by Gasteiger charge is 2.17. The SMILES string of the molecule is CCOC(=O)CCNc1cc(N2CCc3ccccc3CC2)nc(-c2cccnc2)n1.Cl. The fourth-order valence-electron chi connectivity index (χ4n) is 3.73. The Labute approximate surface area is 194 Å². The van der Waals surface area contributed by atoms with Crippen LogP contribution in [-0.4, -0.2) is 47.2 Å². The molecule has 0 atom stereocenters. The first-order chi connectivity index (χ1) is 15.2. The van der Waals surface area contributed by atoms with Gasteiger partial charge in [0.15, 0.2) is 5.82 Å². The van der Waals surface area contributed by atoms with Gasteiger partial charge >= 0.3 is 5.97 Å². The van der Waals surface area contributed by atoms with Crippen LogP contribution in [0.1, 0.15) is 24.5 Å². The number of aromatic nitrogens is 3. The lowest BCUT2D eigenvalue weighted by Crippen LogP contribution is -2.27. The second-order valence-electron chi connectivity index (χ2n) is 7.41. The van der Waals surface area contributed by atoms with Gasteiger partial charge in [-0.2, -0.15) is 0 Å². The van der Waals surface area contributed by atoms with Gasteiger partial charge in [0, 0.05) is 43.7 Å². The largest absolute Gasteiger partial charge is 0.466 e. The van der Waals surface area contributed by atoms with Gasteiger partial charge in [-0.1, -0.05) is 24.3 Å². The van der Waals surface area contributed by atoms with Gasteiger partial charge in [-0.05, 0) is 43.0 Å². The second-order valence-corrected chi connectivity index (χ2v) is 7.41. The molecule has 0 spiro atoms. The molecule has 0 fully saturated rings. The van der Waals surface area contributed by atoms with Crippen LogP contribution < -0.4 is 10.2 Å². The van der Waals surface area contributed by atoms with Crippen molar-refractivity contribution in [3.63, 3.8) is 0 Å². The van der Waals surface area contributed by atoms with Crippen LogP contribution in [0.4, 0.5) is 11.6 Å². The smallest absolute Gasteiger partial charge is 0.307 e. The number of fused-ring (bicyclic) bond motifs is 1. The van der Waals surface area contributed by atoms with Gasteiger partial charge in [-0.3, -0.25) is 9.78 Å². The van der Waals surface area contributed by atoms with Gasteiger partial charge in [0.1, 0.15) is 11.6 Å². The topological polar surface area (TPSA) is 80.2 Å². The van der Waals surface area contributed by atoms with E-state index in [1.165, 1.54) is 11.1 Å². The van der Waals surface area contributed by atoms with Crippen molar-refractivity contribution in [2.24, 2.45) is 0 Å². The summed E-state index contributed by atoms with van der Waals surface area (Å²) in [6.07, 6.45) is 5.74. The van der Waals surface area contributed by atoms with Crippen LogP contribution >= 0.6 is 12.4 Å². The molecule has 0 radical (unpaired) electrons. The number of halogens is 1. The molecule has 8 heteroatoms. The average Bonchev–Trinajstić information content (AvgIpc) is 3.02. The fourth-order valence-corrected chi connectivity index (χ4v) is 3.73. The second kappa shape index (κ2) is 11.4. The molecule has 0 saturated heterocycles. The van der Waals surface area contributed by atoms with E-state index in [-0.39, 0.29) is 24.8 Å². The summed E-state index contributed by atoms with van der Waals surface area (Å²) < 4.78 is 5.01. The van der Waals surface area contributed by atoms with E-state index in [4.69, 9.17) is 9.72 Å². The predicted octanol–water partition coefficient (Wildman–Crippen LogP) is 3.93. The molecular formula is C24H28ClN5O2. The quantitative estimate of drug-likeness (QED) is 0.543. The van der Waals surface area contributed by atoms with Crippen molar-refractivity contribution in [1.29, 1.82) is 0 Å². The molecule has 0 unspecified atom stereocenters. The number of hydrogen-bond acceptors (Lipinski definition) is 7. The molecule has 168 valence electrons. The lowest BCUT2D eigenvalue weighted by molar-refractivity contribution is -0.142. The zero-order valence-electron chi connectivity index (χ0n) is 18.2. The van der Waals surface area contributed by atoms with Crippen LogP contribution in [-0.2, 0) is 22.4 Å². The molecule has 0 bridgehead atoms. The van der Waals surface area contributed by atoms with Gasteiger partial charge in [0.2, 0.25) is 0 Å². The summed E-state index contributed by atoms with van der Waals surface area (Å²) in [5.74, 6) is 1.96. The summed E-state index contributed by atoms with van der Waals surface area (Å²) in [4.78, 5) is 27.7. The number of anilines is 2. The van der Waals surface area contributed by atoms with E-state index in [1.54, 1.807) is 12.4 Å². The molecule has 7 nitrogen and oxygen atoms in total. The molecule has 4 rings (SSSR count). The van der Waals surface area contributed by atoms with Crippen LogP contribution in [0.15, 0.2) is 54.9 Å². The maximum atomic E-state index is 11.7. The van der Waals surface area contributed by atoms with Crippen molar-refractivity contribution < 1.29 is 9.53 Å². The number of esters is 1. The van der Waals surface area contributed by atoms with Crippen molar-refractivity contribution in [3.8, 4) is 11.4 Å². The summed E-state index contributed by atoms with van der Waals surface area (Å²) in [7, 11) is 0. The molecule has 0 aliphatic carbocycles.